The first-order valence-electron chi connectivity index (χ1n) is 13.1. The van der Waals surface area contributed by atoms with Crippen LogP contribution < -0.4 is 20.3 Å². The largest absolute Gasteiger partial charge is 0.484 e. The Bertz CT molecular complexity index is 1640. The third-order valence-electron chi connectivity index (χ3n) is 6.83. The predicted molar refractivity (Wildman–Crippen MR) is 161 cm³/mol. The average molecular weight is 564 g/mol. The standard InChI is InChI=1S/C32H26FN5O2S/c33-22-11-15-24(16-12-22)37-20-6-10-28(37)31-30(27-9-4-5-19-34-27)36-32(41)38(31)25-17-13-23(14-18-25)35-29(39)21-40-26-7-2-1-3-8-26/h1-20,30-31H,21H2,(H,35,39)(H,36,41). The molecule has 7 nitrogen and oxygen atoms in total. The lowest BCUT2D eigenvalue weighted by Crippen LogP contribution is -2.30. The molecular formula is C32H26FN5O2S. The van der Waals surface area contributed by atoms with E-state index in [-0.39, 0.29) is 30.4 Å². The van der Waals surface area contributed by atoms with Gasteiger partial charge in [-0.15, -0.1) is 0 Å². The molecule has 41 heavy (non-hydrogen) atoms. The van der Waals surface area contributed by atoms with Crippen molar-refractivity contribution in [1.29, 1.82) is 0 Å². The van der Waals surface area contributed by atoms with Crippen molar-refractivity contribution in [3.05, 3.63) is 139 Å². The van der Waals surface area contributed by atoms with E-state index in [1.54, 1.807) is 30.5 Å². The molecule has 2 aromatic heterocycles. The number of aromatic nitrogens is 2. The topological polar surface area (TPSA) is 71.4 Å². The SMILES string of the molecule is O=C(COc1ccccc1)Nc1ccc(N2C(=S)NC(c3ccccn3)C2c2cccn2-c2ccc(F)cc2)cc1. The van der Waals surface area contributed by atoms with E-state index in [0.29, 0.717) is 16.5 Å². The number of carbonyl (C=O) groups is 1. The highest BCUT2D eigenvalue weighted by molar-refractivity contribution is 7.80. The minimum atomic E-state index is -0.294. The van der Waals surface area contributed by atoms with E-state index in [2.05, 4.69) is 15.6 Å². The number of amides is 1. The maximum atomic E-state index is 13.7. The Morgan fingerprint density at radius 2 is 1.63 bits per heavy atom. The molecule has 1 fully saturated rings. The fraction of sp³-hybridized carbons (Fsp3) is 0.0938. The van der Waals surface area contributed by atoms with Gasteiger partial charge >= 0.3 is 0 Å². The van der Waals surface area contributed by atoms with Crippen LogP contribution in [0.1, 0.15) is 23.5 Å². The Kier molecular flexibility index (Phi) is 7.42. The Labute approximate surface area is 242 Å². The summed E-state index contributed by atoms with van der Waals surface area (Å²) < 4.78 is 21.3. The molecule has 0 saturated carbocycles. The van der Waals surface area contributed by atoms with E-state index in [9.17, 15) is 9.18 Å². The lowest BCUT2D eigenvalue weighted by Gasteiger charge is -2.29. The fourth-order valence-electron chi connectivity index (χ4n) is 4.97. The third kappa shape index (κ3) is 5.66. The zero-order valence-corrected chi connectivity index (χ0v) is 22.7. The second-order valence-corrected chi connectivity index (χ2v) is 9.86. The summed E-state index contributed by atoms with van der Waals surface area (Å²) in [5.41, 5.74) is 4.11. The third-order valence-corrected chi connectivity index (χ3v) is 7.14. The number of halogens is 1. The number of ether oxygens (including phenoxy) is 1. The Hall–Kier alpha value is -5.02. The average Bonchev–Trinajstić information content (AvgIpc) is 3.62. The van der Waals surface area contributed by atoms with Gasteiger partial charge in [0.15, 0.2) is 11.7 Å². The first-order chi connectivity index (χ1) is 20.1. The normalized spacial score (nSPS) is 16.3. The van der Waals surface area contributed by atoms with Crippen LogP contribution in [0.3, 0.4) is 0 Å². The summed E-state index contributed by atoms with van der Waals surface area (Å²) in [5.74, 6) is 0.0788. The Morgan fingerprint density at radius 3 is 2.37 bits per heavy atom. The summed E-state index contributed by atoms with van der Waals surface area (Å²) in [4.78, 5) is 19.1. The number of hydrogen-bond donors (Lipinski definition) is 2. The molecule has 9 heteroatoms. The number of hydrogen-bond acceptors (Lipinski definition) is 4. The molecule has 1 saturated heterocycles. The molecule has 204 valence electrons. The van der Waals surface area contributed by atoms with Crippen LogP contribution in [0.15, 0.2) is 122 Å². The highest BCUT2D eigenvalue weighted by Crippen LogP contribution is 2.42. The van der Waals surface area contributed by atoms with Gasteiger partial charge in [-0.2, -0.15) is 0 Å². The van der Waals surface area contributed by atoms with Crippen molar-refractivity contribution in [3.63, 3.8) is 0 Å². The van der Waals surface area contributed by atoms with Crippen LogP contribution in [0.25, 0.3) is 5.69 Å². The van der Waals surface area contributed by atoms with Crippen LogP contribution in [0.2, 0.25) is 0 Å². The summed E-state index contributed by atoms with van der Waals surface area (Å²) in [7, 11) is 0. The van der Waals surface area contributed by atoms with Gasteiger partial charge in [-0.25, -0.2) is 4.39 Å². The van der Waals surface area contributed by atoms with Crippen molar-refractivity contribution in [3.8, 4) is 11.4 Å². The Morgan fingerprint density at radius 1 is 0.902 bits per heavy atom. The van der Waals surface area contributed by atoms with Crippen LogP contribution in [-0.4, -0.2) is 27.2 Å². The number of benzene rings is 3. The summed E-state index contributed by atoms with van der Waals surface area (Å²) in [6.45, 7) is -0.0971. The predicted octanol–water partition coefficient (Wildman–Crippen LogP) is 6.21. The molecular weight excluding hydrogens is 537 g/mol. The quantitative estimate of drug-likeness (QED) is 0.219. The molecule has 6 rings (SSSR count). The number of thiocarbonyl (C=S) groups is 1. The van der Waals surface area contributed by atoms with Crippen molar-refractivity contribution >= 4 is 34.6 Å². The second kappa shape index (κ2) is 11.6. The number of anilines is 2. The molecule has 3 aromatic carbocycles. The molecule has 0 radical (unpaired) electrons. The highest BCUT2D eigenvalue weighted by atomic mass is 32.1. The van der Waals surface area contributed by atoms with Gasteiger partial charge in [0.05, 0.1) is 11.7 Å². The van der Waals surface area contributed by atoms with Gasteiger partial charge in [0.1, 0.15) is 17.6 Å². The molecule has 1 amide bonds. The summed E-state index contributed by atoms with van der Waals surface area (Å²) >= 11 is 5.85. The molecule has 0 spiro atoms. The fourth-order valence-corrected chi connectivity index (χ4v) is 5.32. The first-order valence-corrected chi connectivity index (χ1v) is 13.5. The van der Waals surface area contributed by atoms with Gasteiger partial charge in [-0.1, -0.05) is 24.3 Å². The number of rotatable bonds is 8. The minimum absolute atomic E-state index is 0.0971. The minimum Gasteiger partial charge on any atom is -0.484 e. The van der Waals surface area contributed by atoms with Crippen LogP contribution in [0.4, 0.5) is 15.8 Å². The van der Waals surface area contributed by atoms with Gasteiger partial charge in [0, 0.05) is 35.1 Å². The highest BCUT2D eigenvalue weighted by Gasteiger charge is 2.42. The number of carbonyl (C=O) groups excluding carboxylic acids is 1. The second-order valence-electron chi connectivity index (χ2n) is 9.47. The van der Waals surface area contributed by atoms with Crippen molar-refractivity contribution < 1.29 is 13.9 Å². The van der Waals surface area contributed by atoms with Crippen molar-refractivity contribution in [2.75, 3.05) is 16.8 Å². The molecule has 1 aliphatic heterocycles. The molecule has 1 aliphatic rings. The van der Waals surface area contributed by atoms with Crippen molar-refractivity contribution in [1.82, 2.24) is 14.9 Å². The van der Waals surface area contributed by atoms with Crippen LogP contribution >= 0.6 is 12.2 Å². The van der Waals surface area contributed by atoms with Crippen molar-refractivity contribution in [2.45, 2.75) is 12.1 Å². The molecule has 2 atom stereocenters. The summed E-state index contributed by atoms with van der Waals surface area (Å²) in [5, 5.41) is 6.88. The molecule has 0 bridgehead atoms. The van der Waals surface area contributed by atoms with Crippen LogP contribution in [0, 0.1) is 5.82 Å². The Balaban J connectivity index is 1.28. The van der Waals surface area contributed by atoms with E-state index in [1.807, 2.05) is 88.5 Å². The van der Waals surface area contributed by atoms with E-state index in [4.69, 9.17) is 17.0 Å². The zero-order chi connectivity index (χ0) is 28.2. The molecule has 2 unspecified atom stereocenters. The van der Waals surface area contributed by atoms with Gasteiger partial charge in [0.25, 0.3) is 5.91 Å². The maximum absolute atomic E-state index is 13.7. The van der Waals surface area contributed by atoms with Crippen LogP contribution in [0.5, 0.6) is 5.75 Å². The van der Waals surface area contributed by atoms with Gasteiger partial charge in [0.2, 0.25) is 0 Å². The number of pyridine rings is 1. The van der Waals surface area contributed by atoms with E-state index >= 15 is 0 Å². The first kappa shape index (κ1) is 26.2. The van der Waals surface area contributed by atoms with E-state index in [0.717, 1.165) is 22.8 Å². The lowest BCUT2D eigenvalue weighted by molar-refractivity contribution is -0.118. The number of nitrogens with zero attached hydrogens (tertiary/aromatic N) is 3. The summed E-state index contributed by atoms with van der Waals surface area (Å²) in [6.07, 6.45) is 3.71. The number of para-hydroxylation sites is 1. The zero-order valence-electron chi connectivity index (χ0n) is 21.9. The van der Waals surface area contributed by atoms with E-state index in [1.165, 1.54) is 12.1 Å². The smallest absolute Gasteiger partial charge is 0.262 e. The number of nitrogens with one attached hydrogen (secondary N) is 2. The molecule has 5 aromatic rings. The maximum Gasteiger partial charge on any atom is 0.262 e. The van der Waals surface area contributed by atoms with Gasteiger partial charge in [-0.3, -0.25) is 9.78 Å². The van der Waals surface area contributed by atoms with Gasteiger partial charge < -0.3 is 24.8 Å². The lowest BCUT2D eigenvalue weighted by atomic mass is 10.0. The van der Waals surface area contributed by atoms with Crippen molar-refractivity contribution in [2.24, 2.45) is 0 Å². The molecule has 0 aliphatic carbocycles. The van der Waals surface area contributed by atoms with Crippen LogP contribution in [-0.2, 0) is 4.79 Å². The molecule has 3 heterocycles. The van der Waals surface area contributed by atoms with E-state index < -0.39 is 0 Å². The van der Waals surface area contributed by atoms with Gasteiger partial charge in [-0.05, 0) is 97.1 Å². The summed E-state index contributed by atoms with van der Waals surface area (Å²) in [6, 6.07) is 32.4. The molecule has 2 N–H and O–H groups in total. The monoisotopic (exact) mass is 563 g/mol.